The van der Waals surface area contributed by atoms with Gasteiger partial charge in [0.05, 0.1) is 10.4 Å². The monoisotopic (exact) mass is 255 g/mol. The van der Waals surface area contributed by atoms with Gasteiger partial charge in [0.25, 0.3) is 0 Å². The Morgan fingerprint density at radius 3 is 3.00 bits per heavy atom. The number of hydrogen-bond acceptors (Lipinski definition) is 3. The van der Waals surface area contributed by atoms with Crippen molar-refractivity contribution in [2.45, 2.75) is 6.92 Å². The minimum absolute atomic E-state index is 0.0746. The maximum absolute atomic E-state index is 11.2. The van der Waals surface area contributed by atoms with Crippen LogP contribution in [0, 0.1) is 0 Å². The van der Waals surface area contributed by atoms with Crippen molar-refractivity contribution in [3.63, 3.8) is 0 Å². The molecule has 0 N–H and O–H groups in total. The molecular weight excluding hydrogens is 250 g/mol. The first-order valence-electron chi connectivity index (χ1n) is 3.74. The summed E-state index contributed by atoms with van der Waals surface area (Å²) in [7, 11) is 0. The van der Waals surface area contributed by atoms with E-state index >= 15 is 0 Å². The number of ketones is 1. The summed E-state index contributed by atoms with van der Waals surface area (Å²) in [5.41, 5.74) is 0.887. The van der Waals surface area contributed by atoms with E-state index in [4.69, 9.17) is 0 Å². The smallest absolute Gasteiger partial charge is 0.171 e. The Hall–Kier alpha value is -0.740. The molecule has 66 valence electrons. The van der Waals surface area contributed by atoms with Crippen molar-refractivity contribution < 1.29 is 4.79 Å². The molecule has 0 aliphatic heterocycles. The molecule has 0 spiro atoms. The molecule has 0 bridgehead atoms. The van der Waals surface area contributed by atoms with Crippen LogP contribution in [0.5, 0.6) is 0 Å². The van der Waals surface area contributed by atoms with Gasteiger partial charge in [0.2, 0.25) is 0 Å². The zero-order valence-electron chi connectivity index (χ0n) is 6.87. The van der Waals surface area contributed by atoms with Crippen LogP contribution in [0.15, 0.2) is 22.7 Å². The zero-order valence-corrected chi connectivity index (χ0v) is 9.28. The predicted octanol–water partition coefficient (Wildman–Crippen LogP) is 3.26. The van der Waals surface area contributed by atoms with Crippen molar-refractivity contribution in [2.75, 3.05) is 0 Å². The average molecular weight is 256 g/mol. The Bertz CT molecular complexity index is 477. The lowest BCUT2D eigenvalue weighted by Gasteiger charge is -1.92. The van der Waals surface area contributed by atoms with Crippen molar-refractivity contribution in [1.29, 1.82) is 0 Å². The van der Waals surface area contributed by atoms with Crippen molar-refractivity contribution in [3.05, 3.63) is 27.5 Å². The van der Waals surface area contributed by atoms with Crippen LogP contribution in [-0.2, 0) is 0 Å². The number of benzene rings is 1. The number of nitrogens with zero attached hydrogens (tertiary/aromatic N) is 1. The average Bonchev–Trinajstić information content (AvgIpc) is 2.46. The Balaban J connectivity index is 2.79. The second-order valence-electron chi connectivity index (χ2n) is 2.73. The molecule has 1 aromatic heterocycles. The second-order valence-corrected chi connectivity index (χ2v) is 4.42. The summed E-state index contributed by atoms with van der Waals surface area (Å²) in [6.45, 7) is 1.56. The molecular formula is C9H6BrNOS. The number of hydrogen-bond donors (Lipinski definition) is 0. The number of carbonyl (C=O) groups excluding carboxylic acids is 1. The van der Waals surface area contributed by atoms with E-state index in [0.29, 0.717) is 0 Å². The van der Waals surface area contributed by atoms with Gasteiger partial charge < -0.3 is 0 Å². The lowest BCUT2D eigenvalue weighted by molar-refractivity contribution is 0.102. The van der Waals surface area contributed by atoms with E-state index in [9.17, 15) is 4.79 Å². The number of carbonyl (C=O) groups is 1. The third-order valence-corrected chi connectivity index (χ3v) is 3.23. The molecule has 2 nitrogen and oxygen atoms in total. The highest BCUT2D eigenvalue weighted by atomic mass is 79.9. The van der Waals surface area contributed by atoms with Gasteiger partial charge in [0.15, 0.2) is 5.78 Å². The fourth-order valence-corrected chi connectivity index (χ4v) is 2.27. The molecule has 0 unspecified atom stereocenters. The van der Waals surface area contributed by atoms with E-state index in [1.54, 1.807) is 6.92 Å². The Morgan fingerprint density at radius 2 is 2.31 bits per heavy atom. The summed E-state index contributed by atoms with van der Waals surface area (Å²) in [5.74, 6) is 0.0746. The third kappa shape index (κ3) is 1.51. The lowest BCUT2D eigenvalue weighted by Crippen LogP contribution is -1.86. The molecule has 2 aromatic rings. The fourth-order valence-electron chi connectivity index (χ4n) is 1.17. The number of halogens is 1. The summed E-state index contributed by atoms with van der Waals surface area (Å²) in [4.78, 5) is 11.9. The minimum atomic E-state index is 0.0746. The Labute approximate surface area is 87.9 Å². The molecule has 0 saturated carbocycles. The number of rotatable bonds is 1. The first-order valence-corrected chi connectivity index (χ1v) is 5.31. The zero-order chi connectivity index (χ0) is 9.42. The van der Waals surface area contributed by atoms with Gasteiger partial charge >= 0.3 is 0 Å². The molecule has 0 saturated heterocycles. The van der Waals surface area contributed by atoms with Crippen LogP contribution in [0.25, 0.3) is 10.9 Å². The van der Waals surface area contributed by atoms with Gasteiger partial charge in [0, 0.05) is 16.8 Å². The van der Waals surface area contributed by atoms with Gasteiger partial charge in [0.1, 0.15) is 0 Å². The molecule has 0 aliphatic carbocycles. The van der Waals surface area contributed by atoms with Gasteiger partial charge in [-0.05, 0) is 29.7 Å². The molecule has 1 aromatic carbocycles. The number of Topliss-reactive ketones (excluding diaryl/α,β-unsaturated/α-hetero) is 1. The molecule has 0 amide bonds. The summed E-state index contributed by atoms with van der Waals surface area (Å²) >= 11 is 4.63. The highest BCUT2D eigenvalue weighted by Gasteiger charge is 2.09. The van der Waals surface area contributed by atoms with Gasteiger partial charge in [-0.25, -0.2) is 0 Å². The Morgan fingerprint density at radius 1 is 1.54 bits per heavy atom. The number of aromatic nitrogens is 1. The highest BCUT2D eigenvalue weighted by molar-refractivity contribution is 9.10. The standard InChI is InChI=1S/C9H6BrNOS/c1-5(12)9-7-4-6(10)2-3-8(7)11-13-9/h2-4H,1H3. The molecule has 1 heterocycles. The topological polar surface area (TPSA) is 30.0 Å². The van der Waals surface area contributed by atoms with Gasteiger partial charge in [-0.1, -0.05) is 15.9 Å². The maximum Gasteiger partial charge on any atom is 0.171 e. The van der Waals surface area contributed by atoms with E-state index in [1.165, 1.54) is 11.5 Å². The van der Waals surface area contributed by atoms with E-state index in [1.807, 2.05) is 18.2 Å². The van der Waals surface area contributed by atoms with Crippen LogP contribution < -0.4 is 0 Å². The molecule has 0 aliphatic rings. The fraction of sp³-hybridized carbons (Fsp3) is 0.111. The summed E-state index contributed by atoms with van der Waals surface area (Å²) in [5, 5.41) is 0.937. The van der Waals surface area contributed by atoms with Crippen LogP contribution >= 0.6 is 27.5 Å². The van der Waals surface area contributed by atoms with E-state index < -0.39 is 0 Å². The Kier molecular flexibility index (Phi) is 2.17. The van der Waals surface area contributed by atoms with Crippen molar-refractivity contribution in [2.24, 2.45) is 0 Å². The minimum Gasteiger partial charge on any atom is -0.294 e. The summed E-state index contributed by atoms with van der Waals surface area (Å²) in [6.07, 6.45) is 0. The van der Waals surface area contributed by atoms with E-state index in [-0.39, 0.29) is 5.78 Å². The third-order valence-electron chi connectivity index (χ3n) is 1.76. The largest absolute Gasteiger partial charge is 0.294 e. The van der Waals surface area contributed by atoms with Crippen molar-refractivity contribution >= 4 is 44.1 Å². The first kappa shape index (κ1) is 8.84. The van der Waals surface area contributed by atoms with Gasteiger partial charge in [-0.15, -0.1) is 0 Å². The van der Waals surface area contributed by atoms with Crippen LogP contribution in [0.2, 0.25) is 0 Å². The summed E-state index contributed by atoms with van der Waals surface area (Å²) in [6, 6.07) is 5.75. The van der Waals surface area contributed by atoms with Crippen molar-refractivity contribution in [1.82, 2.24) is 4.37 Å². The van der Waals surface area contributed by atoms with Crippen LogP contribution in [-0.4, -0.2) is 10.2 Å². The van der Waals surface area contributed by atoms with Crippen LogP contribution in [0.3, 0.4) is 0 Å². The van der Waals surface area contributed by atoms with Crippen molar-refractivity contribution in [3.8, 4) is 0 Å². The van der Waals surface area contributed by atoms with Gasteiger partial charge in [-0.2, -0.15) is 4.37 Å². The molecule has 0 radical (unpaired) electrons. The van der Waals surface area contributed by atoms with E-state index in [2.05, 4.69) is 20.3 Å². The van der Waals surface area contributed by atoms with Crippen LogP contribution in [0.1, 0.15) is 16.6 Å². The normalized spacial score (nSPS) is 10.6. The predicted molar refractivity (Wildman–Crippen MR) is 57.3 cm³/mol. The van der Waals surface area contributed by atoms with Gasteiger partial charge in [-0.3, -0.25) is 4.79 Å². The molecule has 0 fully saturated rings. The molecule has 13 heavy (non-hydrogen) atoms. The summed E-state index contributed by atoms with van der Waals surface area (Å²) < 4.78 is 5.16. The SMILES string of the molecule is CC(=O)c1snc2ccc(Br)cc12. The van der Waals surface area contributed by atoms with E-state index in [0.717, 1.165) is 20.3 Å². The molecule has 4 heteroatoms. The molecule has 2 rings (SSSR count). The maximum atomic E-state index is 11.2. The van der Waals surface area contributed by atoms with Crippen LogP contribution in [0.4, 0.5) is 0 Å². The highest BCUT2D eigenvalue weighted by Crippen LogP contribution is 2.25. The lowest BCUT2D eigenvalue weighted by atomic mass is 10.2. The first-order chi connectivity index (χ1) is 6.18. The quantitative estimate of drug-likeness (QED) is 0.733. The number of fused-ring (bicyclic) bond motifs is 1. The molecule has 0 atom stereocenters. The second kappa shape index (κ2) is 3.20.